The van der Waals surface area contributed by atoms with E-state index in [0.717, 1.165) is 0 Å². The Balaban J connectivity index is 2.84. The predicted octanol–water partition coefficient (Wildman–Crippen LogP) is 0.131. The summed E-state index contributed by atoms with van der Waals surface area (Å²) < 4.78 is 1.19. The molecule has 0 atom stereocenters. The van der Waals surface area contributed by atoms with Crippen molar-refractivity contribution in [2.45, 2.75) is 6.92 Å². The van der Waals surface area contributed by atoms with E-state index in [1.807, 2.05) is 0 Å². The third kappa shape index (κ3) is 1.12. The average Bonchev–Trinajstić information content (AvgIpc) is 2.49. The monoisotopic (exact) mass is 178 g/mol. The number of hydrogen-bond acceptors (Lipinski definition) is 4. The Labute approximate surface area is 72.8 Å². The maximum absolute atomic E-state index is 10.7. The fourth-order valence-electron chi connectivity index (χ4n) is 1.10. The van der Waals surface area contributed by atoms with Gasteiger partial charge in [0.1, 0.15) is 0 Å². The number of carboxylic acids is 1. The fourth-order valence-corrected chi connectivity index (χ4v) is 1.10. The number of rotatable bonds is 1. The highest BCUT2D eigenvalue weighted by molar-refractivity contribution is 5.86. The van der Waals surface area contributed by atoms with E-state index in [1.165, 1.54) is 16.8 Å². The average molecular weight is 178 g/mol. The quantitative estimate of drug-likeness (QED) is 0.671. The Morgan fingerprint density at radius 1 is 1.62 bits per heavy atom. The summed E-state index contributed by atoms with van der Waals surface area (Å²) in [7, 11) is 0. The number of fused-ring (bicyclic) bond motifs is 1. The summed E-state index contributed by atoms with van der Waals surface area (Å²) in [6, 6.07) is 1.45. The summed E-state index contributed by atoms with van der Waals surface area (Å²) >= 11 is 0. The molecule has 2 heterocycles. The molecule has 0 saturated carbocycles. The van der Waals surface area contributed by atoms with Gasteiger partial charge in [-0.15, -0.1) is 5.10 Å². The van der Waals surface area contributed by atoms with E-state index < -0.39 is 5.97 Å². The zero-order valence-electron chi connectivity index (χ0n) is 6.80. The minimum atomic E-state index is -1.04. The third-order valence-corrected chi connectivity index (χ3v) is 1.62. The number of carboxylic acid groups (broad SMARTS) is 1. The minimum Gasteiger partial charge on any atom is -0.477 e. The van der Waals surface area contributed by atoms with Crippen LogP contribution < -0.4 is 0 Å². The van der Waals surface area contributed by atoms with Crippen LogP contribution in [-0.2, 0) is 0 Å². The summed E-state index contributed by atoms with van der Waals surface area (Å²) in [6.07, 6.45) is 1.42. The van der Waals surface area contributed by atoms with E-state index in [9.17, 15) is 4.79 Å². The Morgan fingerprint density at radius 2 is 2.38 bits per heavy atom. The summed E-state index contributed by atoms with van der Waals surface area (Å²) in [4.78, 5) is 14.8. The van der Waals surface area contributed by atoms with Crippen LogP contribution in [0, 0.1) is 6.92 Å². The molecule has 0 aliphatic rings. The maximum Gasteiger partial charge on any atom is 0.354 e. The van der Waals surface area contributed by atoms with Gasteiger partial charge in [0, 0.05) is 5.69 Å². The van der Waals surface area contributed by atoms with Crippen molar-refractivity contribution in [1.29, 1.82) is 0 Å². The first-order valence-electron chi connectivity index (χ1n) is 3.60. The fraction of sp³-hybridized carbons (Fsp3) is 0.143. The van der Waals surface area contributed by atoms with Crippen LogP contribution in [0.1, 0.15) is 16.2 Å². The van der Waals surface area contributed by atoms with Gasteiger partial charge in [-0.05, 0) is 13.0 Å². The highest BCUT2D eigenvalue weighted by Gasteiger charge is 2.10. The van der Waals surface area contributed by atoms with Crippen molar-refractivity contribution in [1.82, 2.24) is 19.8 Å². The van der Waals surface area contributed by atoms with Crippen LogP contribution in [0.2, 0.25) is 0 Å². The first-order valence-corrected chi connectivity index (χ1v) is 3.60. The van der Waals surface area contributed by atoms with E-state index in [1.54, 1.807) is 6.92 Å². The van der Waals surface area contributed by atoms with Gasteiger partial charge in [-0.25, -0.2) is 9.78 Å². The molecule has 0 saturated heterocycles. The van der Waals surface area contributed by atoms with Crippen LogP contribution >= 0.6 is 0 Å². The second kappa shape index (κ2) is 2.51. The number of aryl methyl sites for hydroxylation is 1. The van der Waals surface area contributed by atoms with Crippen LogP contribution in [0.15, 0.2) is 12.3 Å². The van der Waals surface area contributed by atoms with Crippen molar-refractivity contribution in [3.05, 3.63) is 23.7 Å². The number of hydrogen-bond donors (Lipinski definition) is 1. The van der Waals surface area contributed by atoms with Crippen molar-refractivity contribution in [2.75, 3.05) is 0 Å². The first-order chi connectivity index (χ1) is 6.18. The summed E-state index contributed by atoms with van der Waals surface area (Å²) in [6.45, 7) is 1.72. The number of aromatic nitrogens is 4. The Kier molecular flexibility index (Phi) is 1.48. The zero-order valence-corrected chi connectivity index (χ0v) is 6.80. The largest absolute Gasteiger partial charge is 0.477 e. The SMILES string of the molecule is Cc1cc(C(=O)O)n2nncc2n1. The molecule has 2 aromatic rings. The molecule has 0 radical (unpaired) electrons. The summed E-state index contributed by atoms with van der Waals surface area (Å²) in [5.74, 6) is -1.04. The zero-order chi connectivity index (χ0) is 9.42. The lowest BCUT2D eigenvalue weighted by Crippen LogP contribution is -2.08. The van der Waals surface area contributed by atoms with Crippen molar-refractivity contribution in [3.8, 4) is 0 Å². The first kappa shape index (κ1) is 7.66. The van der Waals surface area contributed by atoms with Crippen molar-refractivity contribution >= 4 is 11.6 Å². The van der Waals surface area contributed by atoms with Crippen LogP contribution in [0.3, 0.4) is 0 Å². The Morgan fingerprint density at radius 3 is 3.08 bits per heavy atom. The molecule has 0 amide bonds. The molecule has 0 aliphatic heterocycles. The normalized spacial score (nSPS) is 10.5. The van der Waals surface area contributed by atoms with Gasteiger partial charge < -0.3 is 5.11 Å². The molecule has 6 nitrogen and oxygen atoms in total. The molecule has 1 N–H and O–H groups in total. The van der Waals surface area contributed by atoms with E-state index >= 15 is 0 Å². The third-order valence-electron chi connectivity index (χ3n) is 1.62. The smallest absolute Gasteiger partial charge is 0.354 e. The predicted molar refractivity (Wildman–Crippen MR) is 42.5 cm³/mol. The van der Waals surface area contributed by atoms with Crippen LogP contribution in [0.25, 0.3) is 5.65 Å². The van der Waals surface area contributed by atoms with E-state index in [2.05, 4.69) is 15.3 Å². The molecule has 0 unspecified atom stereocenters. The van der Waals surface area contributed by atoms with E-state index in [-0.39, 0.29) is 5.69 Å². The second-order valence-electron chi connectivity index (χ2n) is 2.59. The number of nitrogens with zero attached hydrogens (tertiary/aromatic N) is 4. The topological polar surface area (TPSA) is 80.4 Å². The van der Waals surface area contributed by atoms with Crippen molar-refractivity contribution in [2.24, 2.45) is 0 Å². The maximum atomic E-state index is 10.7. The van der Waals surface area contributed by atoms with Gasteiger partial charge >= 0.3 is 5.97 Å². The molecule has 0 fully saturated rings. The Bertz CT molecular complexity index is 476. The summed E-state index contributed by atoms with van der Waals surface area (Å²) in [5, 5.41) is 16.0. The molecule has 2 aromatic heterocycles. The minimum absolute atomic E-state index is 0.0694. The molecule has 66 valence electrons. The van der Waals surface area contributed by atoms with Gasteiger partial charge in [-0.3, -0.25) is 0 Å². The van der Waals surface area contributed by atoms with Gasteiger partial charge in [0.25, 0.3) is 0 Å². The number of aromatic carboxylic acids is 1. The van der Waals surface area contributed by atoms with E-state index in [0.29, 0.717) is 11.3 Å². The van der Waals surface area contributed by atoms with Crippen LogP contribution in [0.5, 0.6) is 0 Å². The van der Waals surface area contributed by atoms with Crippen molar-refractivity contribution in [3.63, 3.8) is 0 Å². The van der Waals surface area contributed by atoms with Gasteiger partial charge in [0.05, 0.1) is 6.20 Å². The van der Waals surface area contributed by atoms with Gasteiger partial charge in [-0.2, -0.15) is 4.52 Å². The Hall–Kier alpha value is -1.98. The lowest BCUT2D eigenvalue weighted by atomic mass is 10.3. The van der Waals surface area contributed by atoms with E-state index in [4.69, 9.17) is 5.11 Å². The lowest BCUT2D eigenvalue weighted by molar-refractivity contribution is 0.0687. The highest BCUT2D eigenvalue weighted by Crippen LogP contribution is 2.04. The van der Waals surface area contributed by atoms with Crippen LogP contribution in [-0.4, -0.2) is 30.9 Å². The van der Waals surface area contributed by atoms with Gasteiger partial charge in [-0.1, -0.05) is 5.21 Å². The highest BCUT2D eigenvalue weighted by atomic mass is 16.4. The molecule has 13 heavy (non-hydrogen) atoms. The lowest BCUT2D eigenvalue weighted by Gasteiger charge is -1.98. The van der Waals surface area contributed by atoms with Gasteiger partial charge in [0.15, 0.2) is 11.3 Å². The molecule has 0 aromatic carbocycles. The standard InChI is InChI=1S/C7H6N4O2/c1-4-2-5(7(12)13)11-6(9-4)3-8-10-11/h2-3H,1H3,(H,12,13). The van der Waals surface area contributed by atoms with Gasteiger partial charge in [0.2, 0.25) is 0 Å². The molecule has 0 bridgehead atoms. The van der Waals surface area contributed by atoms with Crippen LogP contribution in [0.4, 0.5) is 0 Å². The molecular formula is C7H6N4O2. The molecular weight excluding hydrogens is 172 g/mol. The molecule has 6 heteroatoms. The number of carbonyl (C=O) groups is 1. The summed E-state index contributed by atoms with van der Waals surface area (Å²) in [5.41, 5.74) is 1.14. The van der Waals surface area contributed by atoms with Crippen molar-refractivity contribution < 1.29 is 9.90 Å². The molecule has 2 rings (SSSR count). The molecule has 0 spiro atoms. The molecule has 0 aliphatic carbocycles. The second-order valence-corrected chi connectivity index (χ2v) is 2.59.